The highest BCUT2D eigenvalue weighted by Crippen LogP contribution is 2.26. The molecular formula is C39H73O3P. The summed E-state index contributed by atoms with van der Waals surface area (Å²) in [6, 6.07) is 0. The molecular weight excluding hydrogens is 547 g/mol. The minimum Gasteiger partial charge on any atom is -0.374 e. The molecule has 0 fully saturated rings. The standard InChI is InChI=1S/C39H73O3P/c1-4-6-8-10-12-14-16-18-20-22-24-26-28-30-32-34-37(40)39(42,36(3)43)38(41)35-33-31-29-27-25-23-21-19-17-15-13-11-9-7-5-2/h18-21,36,42H,4-17,22-35,43H2,1-3H3/b20-18-,21-19-. The quantitative estimate of drug-likeness (QED) is 0.0344. The Hall–Kier alpha value is -0.790. The number of rotatable bonds is 33. The molecule has 0 radical (unpaired) electrons. The molecule has 252 valence electrons. The molecule has 2 unspecified atom stereocenters. The van der Waals surface area contributed by atoms with Crippen molar-refractivity contribution in [3.8, 4) is 0 Å². The molecule has 43 heavy (non-hydrogen) atoms. The van der Waals surface area contributed by atoms with Crippen LogP contribution in [0.5, 0.6) is 0 Å². The van der Waals surface area contributed by atoms with Crippen LogP contribution in [0.25, 0.3) is 0 Å². The molecule has 0 amide bonds. The van der Waals surface area contributed by atoms with Gasteiger partial charge in [-0.05, 0) is 64.2 Å². The Morgan fingerprint density at radius 3 is 1.05 bits per heavy atom. The second-order valence-electron chi connectivity index (χ2n) is 13.1. The van der Waals surface area contributed by atoms with E-state index in [0.717, 1.165) is 51.4 Å². The van der Waals surface area contributed by atoms with Gasteiger partial charge in [-0.2, -0.15) is 0 Å². The van der Waals surface area contributed by atoms with Crippen molar-refractivity contribution in [2.75, 3.05) is 0 Å². The lowest BCUT2D eigenvalue weighted by atomic mass is 9.84. The number of hydrogen-bond donors (Lipinski definition) is 1. The highest BCUT2D eigenvalue weighted by atomic mass is 31.0. The summed E-state index contributed by atoms with van der Waals surface area (Å²) >= 11 is 0. The average molecular weight is 621 g/mol. The van der Waals surface area contributed by atoms with Crippen molar-refractivity contribution >= 4 is 20.8 Å². The number of hydrogen-bond acceptors (Lipinski definition) is 3. The Bertz CT molecular complexity index is 645. The molecule has 0 heterocycles. The number of carbonyl (C=O) groups excluding carboxylic acids is 2. The molecule has 1 N–H and O–H groups in total. The van der Waals surface area contributed by atoms with Crippen LogP contribution in [0.3, 0.4) is 0 Å². The average Bonchev–Trinajstić information content (AvgIpc) is 3.00. The molecule has 0 aromatic heterocycles. The van der Waals surface area contributed by atoms with Gasteiger partial charge < -0.3 is 5.11 Å². The third kappa shape index (κ3) is 24.2. The highest BCUT2D eigenvalue weighted by molar-refractivity contribution is 7.18. The van der Waals surface area contributed by atoms with Gasteiger partial charge in [0.1, 0.15) is 0 Å². The first-order chi connectivity index (χ1) is 20.9. The SMILES string of the molecule is CCCCCCCC/C=C\CCCCCCCC(=O)C(O)(C(=O)CCCCCCC/C=C\CCCCCCCC)C(C)P. The highest BCUT2D eigenvalue weighted by Gasteiger charge is 2.44. The fourth-order valence-corrected chi connectivity index (χ4v) is 6.13. The van der Waals surface area contributed by atoms with E-state index in [1.165, 1.54) is 116 Å². The Morgan fingerprint density at radius 1 is 0.512 bits per heavy atom. The van der Waals surface area contributed by atoms with Gasteiger partial charge in [-0.25, -0.2) is 0 Å². The van der Waals surface area contributed by atoms with Crippen LogP contribution in [-0.2, 0) is 9.59 Å². The van der Waals surface area contributed by atoms with E-state index in [0.29, 0.717) is 12.8 Å². The number of unbranched alkanes of at least 4 members (excludes halogenated alkanes) is 22. The number of allylic oxidation sites excluding steroid dienone is 4. The van der Waals surface area contributed by atoms with E-state index in [1.807, 2.05) is 0 Å². The van der Waals surface area contributed by atoms with Crippen LogP contribution in [-0.4, -0.2) is 27.9 Å². The second-order valence-corrected chi connectivity index (χ2v) is 14.1. The van der Waals surface area contributed by atoms with Crippen LogP contribution in [0.15, 0.2) is 24.3 Å². The van der Waals surface area contributed by atoms with Gasteiger partial charge in [-0.1, -0.05) is 148 Å². The van der Waals surface area contributed by atoms with Gasteiger partial charge in [0.05, 0.1) is 0 Å². The van der Waals surface area contributed by atoms with Crippen LogP contribution >= 0.6 is 9.24 Å². The molecule has 2 atom stereocenters. The fourth-order valence-electron chi connectivity index (χ4n) is 5.76. The molecule has 0 aliphatic heterocycles. The van der Waals surface area contributed by atoms with Gasteiger partial charge >= 0.3 is 0 Å². The van der Waals surface area contributed by atoms with Crippen molar-refractivity contribution in [1.29, 1.82) is 0 Å². The molecule has 0 spiro atoms. The summed E-state index contributed by atoms with van der Waals surface area (Å²) in [5.74, 6) is -0.573. The molecule has 0 saturated heterocycles. The molecule has 0 saturated carbocycles. The lowest BCUT2D eigenvalue weighted by Crippen LogP contribution is -2.52. The van der Waals surface area contributed by atoms with E-state index < -0.39 is 11.3 Å². The van der Waals surface area contributed by atoms with E-state index in [9.17, 15) is 14.7 Å². The number of ketones is 2. The van der Waals surface area contributed by atoms with Crippen LogP contribution in [0.2, 0.25) is 0 Å². The van der Waals surface area contributed by atoms with Gasteiger partial charge in [-0.15, -0.1) is 9.24 Å². The lowest BCUT2D eigenvalue weighted by Gasteiger charge is -2.29. The minimum atomic E-state index is -1.84. The van der Waals surface area contributed by atoms with E-state index in [-0.39, 0.29) is 11.6 Å². The number of Topliss-reactive ketones (excluding diaryl/α,β-unsaturated/α-hetero) is 2. The van der Waals surface area contributed by atoms with Crippen LogP contribution in [0.4, 0.5) is 0 Å². The van der Waals surface area contributed by atoms with Crippen molar-refractivity contribution in [2.45, 2.75) is 212 Å². The molecule has 0 aromatic rings. The zero-order chi connectivity index (χ0) is 31.9. The van der Waals surface area contributed by atoms with Crippen molar-refractivity contribution in [3.63, 3.8) is 0 Å². The van der Waals surface area contributed by atoms with Crippen molar-refractivity contribution < 1.29 is 14.7 Å². The second kappa shape index (κ2) is 31.2. The normalized spacial score (nSPS) is 13.0. The first-order valence-electron chi connectivity index (χ1n) is 18.8. The predicted molar refractivity (Wildman–Crippen MR) is 193 cm³/mol. The number of aliphatic hydroxyl groups is 1. The topological polar surface area (TPSA) is 54.4 Å². The van der Waals surface area contributed by atoms with Crippen molar-refractivity contribution in [2.24, 2.45) is 0 Å². The summed E-state index contributed by atoms with van der Waals surface area (Å²) in [4.78, 5) is 25.9. The summed E-state index contributed by atoms with van der Waals surface area (Å²) in [5, 5.41) is 11.1. The molecule has 0 aromatic carbocycles. The van der Waals surface area contributed by atoms with E-state index in [4.69, 9.17) is 0 Å². The van der Waals surface area contributed by atoms with E-state index >= 15 is 0 Å². The first-order valence-corrected chi connectivity index (χ1v) is 19.4. The Balaban J connectivity index is 3.90. The molecule has 4 heteroatoms. The monoisotopic (exact) mass is 621 g/mol. The van der Waals surface area contributed by atoms with E-state index in [2.05, 4.69) is 47.4 Å². The van der Waals surface area contributed by atoms with Crippen LogP contribution < -0.4 is 0 Å². The number of carbonyl (C=O) groups is 2. The largest absolute Gasteiger partial charge is 0.374 e. The summed E-state index contributed by atoms with van der Waals surface area (Å²) < 4.78 is 0. The van der Waals surface area contributed by atoms with Gasteiger partial charge in [0.25, 0.3) is 0 Å². The van der Waals surface area contributed by atoms with Crippen LogP contribution in [0, 0.1) is 0 Å². The summed E-state index contributed by atoms with van der Waals surface area (Å²) in [6.45, 7) is 6.29. The molecule has 3 nitrogen and oxygen atoms in total. The lowest BCUT2D eigenvalue weighted by molar-refractivity contribution is -0.150. The third-order valence-corrected chi connectivity index (χ3v) is 9.32. The molecule has 0 bridgehead atoms. The van der Waals surface area contributed by atoms with Crippen LogP contribution in [0.1, 0.15) is 201 Å². The van der Waals surface area contributed by atoms with Gasteiger partial charge in [0.15, 0.2) is 17.2 Å². The molecule has 0 rings (SSSR count). The summed E-state index contributed by atoms with van der Waals surface area (Å²) in [7, 11) is 2.50. The van der Waals surface area contributed by atoms with Gasteiger partial charge in [0.2, 0.25) is 0 Å². The maximum Gasteiger partial charge on any atom is 0.187 e. The third-order valence-electron chi connectivity index (χ3n) is 8.84. The first kappa shape index (κ1) is 42.2. The summed E-state index contributed by atoms with van der Waals surface area (Å²) in [5.41, 5.74) is -2.30. The van der Waals surface area contributed by atoms with Gasteiger partial charge in [0, 0.05) is 18.5 Å². The van der Waals surface area contributed by atoms with Crippen molar-refractivity contribution in [1.82, 2.24) is 0 Å². The zero-order valence-electron chi connectivity index (χ0n) is 29.0. The Labute approximate surface area is 271 Å². The molecule has 0 aliphatic rings. The summed E-state index contributed by atoms with van der Waals surface area (Å²) in [6.07, 6.45) is 41.3. The predicted octanol–water partition coefficient (Wildman–Crippen LogP) is 12.2. The van der Waals surface area contributed by atoms with Crippen molar-refractivity contribution in [3.05, 3.63) is 24.3 Å². The fraction of sp³-hybridized carbons (Fsp3) is 0.846. The Kier molecular flexibility index (Phi) is 30.6. The maximum atomic E-state index is 12.9. The maximum absolute atomic E-state index is 12.9. The smallest absolute Gasteiger partial charge is 0.187 e. The Morgan fingerprint density at radius 2 is 0.767 bits per heavy atom. The zero-order valence-corrected chi connectivity index (χ0v) is 30.2. The molecule has 0 aliphatic carbocycles. The van der Waals surface area contributed by atoms with Gasteiger partial charge in [-0.3, -0.25) is 9.59 Å². The minimum absolute atomic E-state index is 0.287. The van der Waals surface area contributed by atoms with E-state index in [1.54, 1.807) is 6.92 Å².